The van der Waals surface area contributed by atoms with Crippen molar-refractivity contribution >= 4 is 5.95 Å². The van der Waals surface area contributed by atoms with Crippen molar-refractivity contribution in [3.8, 4) is 11.3 Å². The smallest absolute Gasteiger partial charge is 0.226 e. The van der Waals surface area contributed by atoms with E-state index < -0.39 is 0 Å². The molecule has 2 heterocycles. The number of aromatic nitrogens is 2. The SMILES string of the molecule is CC1C2Cc3c(-c4ccccc4)nc(N4CCC4)nc3C12. The van der Waals surface area contributed by atoms with Crippen LogP contribution in [0.3, 0.4) is 0 Å². The van der Waals surface area contributed by atoms with Crippen molar-refractivity contribution in [2.45, 2.75) is 25.7 Å². The van der Waals surface area contributed by atoms with Gasteiger partial charge in [0, 0.05) is 30.1 Å². The first-order valence-corrected chi connectivity index (χ1v) is 8.04. The second-order valence-corrected chi connectivity index (χ2v) is 6.70. The van der Waals surface area contributed by atoms with E-state index >= 15 is 0 Å². The molecule has 0 N–H and O–H groups in total. The molecule has 0 amide bonds. The summed E-state index contributed by atoms with van der Waals surface area (Å²) in [6.45, 7) is 4.58. The van der Waals surface area contributed by atoms with Gasteiger partial charge in [0.15, 0.2) is 0 Å². The Morgan fingerprint density at radius 1 is 1.10 bits per heavy atom. The average Bonchev–Trinajstić information content (AvgIpc) is 2.92. The maximum atomic E-state index is 4.95. The van der Waals surface area contributed by atoms with Crippen LogP contribution in [0, 0.1) is 11.8 Å². The van der Waals surface area contributed by atoms with Crippen LogP contribution in [0.25, 0.3) is 11.3 Å². The highest BCUT2D eigenvalue weighted by Gasteiger charge is 2.55. The molecule has 0 bridgehead atoms. The van der Waals surface area contributed by atoms with Crippen molar-refractivity contribution in [3.63, 3.8) is 0 Å². The van der Waals surface area contributed by atoms with Crippen molar-refractivity contribution in [3.05, 3.63) is 41.6 Å². The van der Waals surface area contributed by atoms with Gasteiger partial charge < -0.3 is 4.90 Å². The third kappa shape index (κ3) is 1.60. The Kier molecular flexibility index (Phi) is 2.27. The lowest BCUT2D eigenvalue weighted by molar-refractivity contribution is 0.598. The van der Waals surface area contributed by atoms with Crippen molar-refractivity contribution in [1.82, 2.24) is 9.97 Å². The Hall–Kier alpha value is -1.90. The number of rotatable bonds is 2. The molecular weight excluding hydrogens is 258 g/mol. The Morgan fingerprint density at radius 2 is 1.90 bits per heavy atom. The molecule has 3 atom stereocenters. The summed E-state index contributed by atoms with van der Waals surface area (Å²) in [6, 6.07) is 10.6. The summed E-state index contributed by atoms with van der Waals surface area (Å²) >= 11 is 0. The van der Waals surface area contributed by atoms with Gasteiger partial charge in [-0.05, 0) is 24.7 Å². The second kappa shape index (κ2) is 4.06. The lowest BCUT2D eigenvalue weighted by Gasteiger charge is -2.31. The fourth-order valence-corrected chi connectivity index (χ4v) is 4.00. The summed E-state index contributed by atoms with van der Waals surface area (Å²) < 4.78 is 0. The highest BCUT2D eigenvalue weighted by molar-refractivity contribution is 5.68. The van der Waals surface area contributed by atoms with Gasteiger partial charge >= 0.3 is 0 Å². The van der Waals surface area contributed by atoms with Crippen LogP contribution in [0.1, 0.15) is 30.5 Å². The Balaban J connectivity index is 1.68. The number of anilines is 1. The maximum absolute atomic E-state index is 4.95. The third-order valence-corrected chi connectivity index (χ3v) is 5.53. The number of hydrogen-bond acceptors (Lipinski definition) is 3. The van der Waals surface area contributed by atoms with Crippen LogP contribution in [-0.4, -0.2) is 23.1 Å². The Bertz CT molecular complexity index is 706. The molecule has 1 saturated carbocycles. The maximum Gasteiger partial charge on any atom is 0.226 e. The van der Waals surface area contributed by atoms with Crippen LogP contribution in [0.2, 0.25) is 0 Å². The molecule has 3 heteroatoms. The lowest BCUT2D eigenvalue weighted by Crippen LogP contribution is -2.38. The summed E-state index contributed by atoms with van der Waals surface area (Å²) in [7, 11) is 0. The van der Waals surface area contributed by atoms with Gasteiger partial charge in [-0.25, -0.2) is 9.97 Å². The van der Waals surface area contributed by atoms with E-state index in [0.717, 1.165) is 30.9 Å². The molecule has 2 aromatic rings. The molecule has 21 heavy (non-hydrogen) atoms. The first-order chi connectivity index (χ1) is 10.3. The van der Waals surface area contributed by atoms with Crippen LogP contribution < -0.4 is 4.90 Å². The van der Waals surface area contributed by atoms with Crippen LogP contribution >= 0.6 is 0 Å². The Labute approximate surface area is 125 Å². The van der Waals surface area contributed by atoms with Gasteiger partial charge in [0.1, 0.15) is 0 Å². The standard InChI is InChI=1S/C18H19N3/c1-11-13-10-14-16(12-6-3-2-4-7-12)19-18(21-8-5-9-21)20-17(14)15(11)13/h2-4,6-7,11,13,15H,5,8-10H2,1H3. The van der Waals surface area contributed by atoms with Crippen molar-refractivity contribution in [2.75, 3.05) is 18.0 Å². The molecule has 106 valence electrons. The zero-order valence-corrected chi connectivity index (χ0v) is 12.3. The summed E-state index contributed by atoms with van der Waals surface area (Å²) in [4.78, 5) is 12.2. The molecule has 1 aromatic carbocycles. The fraction of sp³-hybridized carbons (Fsp3) is 0.444. The van der Waals surface area contributed by atoms with Gasteiger partial charge in [0.2, 0.25) is 5.95 Å². The van der Waals surface area contributed by atoms with E-state index in [-0.39, 0.29) is 0 Å². The number of benzene rings is 1. The minimum atomic E-state index is 0.700. The van der Waals surface area contributed by atoms with E-state index in [4.69, 9.17) is 9.97 Å². The lowest BCUT2D eigenvalue weighted by atomic mass is 10.0. The van der Waals surface area contributed by atoms with Gasteiger partial charge in [-0.3, -0.25) is 0 Å². The first-order valence-electron chi connectivity index (χ1n) is 8.04. The number of fused-ring (bicyclic) bond motifs is 3. The molecular formula is C18H19N3. The van der Waals surface area contributed by atoms with Gasteiger partial charge in [0.05, 0.1) is 11.4 Å². The molecule has 0 spiro atoms. The topological polar surface area (TPSA) is 29.0 Å². The summed E-state index contributed by atoms with van der Waals surface area (Å²) in [6.07, 6.45) is 2.44. The van der Waals surface area contributed by atoms with Gasteiger partial charge in [0.25, 0.3) is 0 Å². The van der Waals surface area contributed by atoms with Crippen LogP contribution in [-0.2, 0) is 6.42 Å². The van der Waals surface area contributed by atoms with Crippen LogP contribution in [0.5, 0.6) is 0 Å². The molecule has 3 nitrogen and oxygen atoms in total. The van der Waals surface area contributed by atoms with Crippen LogP contribution in [0.4, 0.5) is 5.95 Å². The third-order valence-electron chi connectivity index (χ3n) is 5.53. The Morgan fingerprint density at radius 3 is 2.62 bits per heavy atom. The van der Waals surface area contributed by atoms with Gasteiger partial charge in [-0.15, -0.1) is 0 Å². The largest absolute Gasteiger partial charge is 0.341 e. The van der Waals surface area contributed by atoms with E-state index in [0.29, 0.717) is 5.92 Å². The molecule has 3 unspecified atom stereocenters. The summed E-state index contributed by atoms with van der Waals surface area (Å²) in [5.74, 6) is 3.30. The number of hydrogen-bond donors (Lipinski definition) is 0. The minimum absolute atomic E-state index is 0.700. The fourth-order valence-electron chi connectivity index (χ4n) is 4.00. The minimum Gasteiger partial charge on any atom is -0.341 e. The van der Waals surface area contributed by atoms with E-state index in [1.807, 2.05) is 0 Å². The highest BCUT2D eigenvalue weighted by Crippen LogP contribution is 2.61. The summed E-state index contributed by atoms with van der Waals surface area (Å²) in [5, 5.41) is 0. The zero-order chi connectivity index (χ0) is 14.0. The molecule has 1 aromatic heterocycles. The monoisotopic (exact) mass is 277 g/mol. The number of nitrogens with zero attached hydrogens (tertiary/aromatic N) is 3. The van der Waals surface area contributed by atoms with Gasteiger partial charge in [-0.1, -0.05) is 37.3 Å². The van der Waals surface area contributed by atoms with E-state index in [9.17, 15) is 0 Å². The quantitative estimate of drug-likeness (QED) is 0.843. The van der Waals surface area contributed by atoms with E-state index in [2.05, 4.69) is 42.2 Å². The van der Waals surface area contributed by atoms with Crippen LogP contribution in [0.15, 0.2) is 30.3 Å². The van der Waals surface area contributed by atoms with Crippen molar-refractivity contribution < 1.29 is 0 Å². The van der Waals surface area contributed by atoms with E-state index in [1.165, 1.54) is 35.4 Å². The molecule has 0 radical (unpaired) electrons. The zero-order valence-electron chi connectivity index (χ0n) is 12.3. The molecule has 3 aliphatic rings. The summed E-state index contributed by atoms with van der Waals surface area (Å²) in [5.41, 5.74) is 5.19. The molecule has 1 saturated heterocycles. The van der Waals surface area contributed by atoms with Crippen molar-refractivity contribution in [1.29, 1.82) is 0 Å². The van der Waals surface area contributed by atoms with Crippen molar-refractivity contribution in [2.24, 2.45) is 11.8 Å². The molecule has 1 aliphatic heterocycles. The highest BCUT2D eigenvalue weighted by atomic mass is 15.3. The van der Waals surface area contributed by atoms with E-state index in [1.54, 1.807) is 0 Å². The van der Waals surface area contributed by atoms with Gasteiger partial charge in [-0.2, -0.15) is 0 Å². The normalized spacial score (nSPS) is 28.8. The molecule has 2 fully saturated rings. The second-order valence-electron chi connectivity index (χ2n) is 6.70. The average molecular weight is 277 g/mol. The predicted octanol–water partition coefficient (Wildman–Crippen LogP) is 3.26. The predicted molar refractivity (Wildman–Crippen MR) is 83.4 cm³/mol. The molecule has 2 aliphatic carbocycles. The first kappa shape index (κ1) is 11.7. The molecule has 5 rings (SSSR count).